The monoisotopic (exact) mass is 262 g/mol. The van der Waals surface area contributed by atoms with Gasteiger partial charge in [-0.2, -0.15) is 0 Å². The Bertz CT molecular complexity index is 375. The number of anilines is 1. The van der Waals surface area contributed by atoms with E-state index in [2.05, 4.69) is 48.0 Å². The predicted molar refractivity (Wildman–Crippen MR) is 82.8 cm³/mol. The van der Waals surface area contributed by atoms with Crippen LogP contribution >= 0.6 is 0 Å². The van der Waals surface area contributed by atoms with Gasteiger partial charge in [-0.15, -0.1) is 6.58 Å². The lowest BCUT2D eigenvalue weighted by atomic mass is 10.0. The van der Waals surface area contributed by atoms with Crippen LogP contribution in [0.1, 0.15) is 24.9 Å². The number of ether oxygens (including phenoxy) is 1. The van der Waals surface area contributed by atoms with Crippen molar-refractivity contribution in [1.82, 2.24) is 5.32 Å². The van der Waals surface area contributed by atoms with Crippen LogP contribution in [-0.2, 0) is 4.74 Å². The van der Waals surface area contributed by atoms with Crippen molar-refractivity contribution in [3.05, 3.63) is 42.5 Å². The van der Waals surface area contributed by atoms with Crippen LogP contribution < -0.4 is 10.2 Å². The molecular weight excluding hydrogens is 236 g/mol. The van der Waals surface area contributed by atoms with E-state index in [0.717, 1.165) is 26.1 Å². The van der Waals surface area contributed by atoms with Gasteiger partial charge in [0.05, 0.1) is 6.61 Å². The molecule has 0 bridgehead atoms. The molecule has 0 spiro atoms. The maximum absolute atomic E-state index is 5.20. The molecule has 0 aliphatic carbocycles. The first-order valence-corrected chi connectivity index (χ1v) is 6.89. The SMILES string of the molecule is C=CCN(CCOC)c1ccccc1C(CC)NC. The summed E-state index contributed by atoms with van der Waals surface area (Å²) < 4.78 is 5.20. The van der Waals surface area contributed by atoms with E-state index in [9.17, 15) is 0 Å². The van der Waals surface area contributed by atoms with Crippen molar-refractivity contribution in [3.8, 4) is 0 Å². The van der Waals surface area contributed by atoms with Gasteiger partial charge >= 0.3 is 0 Å². The van der Waals surface area contributed by atoms with Crippen molar-refractivity contribution in [2.45, 2.75) is 19.4 Å². The molecule has 3 heteroatoms. The Hall–Kier alpha value is -1.32. The Morgan fingerprint density at radius 1 is 1.42 bits per heavy atom. The van der Waals surface area contributed by atoms with E-state index in [-0.39, 0.29) is 0 Å². The third kappa shape index (κ3) is 4.37. The molecule has 0 amide bonds. The first-order valence-electron chi connectivity index (χ1n) is 6.89. The number of nitrogens with one attached hydrogen (secondary N) is 1. The Morgan fingerprint density at radius 2 is 2.16 bits per heavy atom. The summed E-state index contributed by atoms with van der Waals surface area (Å²) in [7, 11) is 3.75. The molecule has 0 aromatic heterocycles. The summed E-state index contributed by atoms with van der Waals surface area (Å²) in [6, 6.07) is 8.94. The van der Waals surface area contributed by atoms with Gasteiger partial charge in [0.2, 0.25) is 0 Å². The second-order valence-electron chi connectivity index (χ2n) is 4.54. The van der Waals surface area contributed by atoms with Crippen molar-refractivity contribution >= 4 is 5.69 Å². The average Bonchev–Trinajstić information content (AvgIpc) is 2.45. The van der Waals surface area contributed by atoms with E-state index in [1.165, 1.54) is 11.3 Å². The molecule has 3 nitrogen and oxygen atoms in total. The third-order valence-electron chi connectivity index (χ3n) is 3.32. The molecule has 0 saturated heterocycles. The predicted octanol–water partition coefficient (Wildman–Crippen LogP) is 3.00. The molecule has 1 N–H and O–H groups in total. The van der Waals surface area contributed by atoms with Crippen LogP contribution in [0.5, 0.6) is 0 Å². The van der Waals surface area contributed by atoms with Crippen LogP contribution in [-0.4, -0.2) is 33.9 Å². The van der Waals surface area contributed by atoms with E-state index in [1.54, 1.807) is 7.11 Å². The minimum Gasteiger partial charge on any atom is -0.383 e. The number of hydrogen-bond donors (Lipinski definition) is 1. The standard InChI is InChI=1S/C16H26N2O/c1-5-11-18(12-13-19-4)16-10-8-7-9-14(16)15(6-2)17-3/h5,7-10,15,17H,1,6,11-13H2,2-4H3. The molecule has 0 radical (unpaired) electrons. The minimum atomic E-state index is 0.381. The highest BCUT2D eigenvalue weighted by Gasteiger charge is 2.15. The molecule has 0 fully saturated rings. The smallest absolute Gasteiger partial charge is 0.0637 e. The molecule has 19 heavy (non-hydrogen) atoms. The van der Waals surface area contributed by atoms with Crippen molar-refractivity contribution in [2.75, 3.05) is 38.8 Å². The first kappa shape index (κ1) is 15.7. The largest absolute Gasteiger partial charge is 0.383 e. The lowest BCUT2D eigenvalue weighted by Crippen LogP contribution is -2.29. The normalized spacial score (nSPS) is 12.2. The van der Waals surface area contributed by atoms with E-state index in [1.807, 2.05) is 13.1 Å². The van der Waals surface area contributed by atoms with Crippen molar-refractivity contribution in [2.24, 2.45) is 0 Å². The summed E-state index contributed by atoms with van der Waals surface area (Å²) in [4.78, 5) is 2.31. The minimum absolute atomic E-state index is 0.381. The van der Waals surface area contributed by atoms with Gasteiger partial charge in [-0.1, -0.05) is 31.2 Å². The highest BCUT2D eigenvalue weighted by molar-refractivity contribution is 5.55. The van der Waals surface area contributed by atoms with Crippen molar-refractivity contribution < 1.29 is 4.74 Å². The van der Waals surface area contributed by atoms with Crippen molar-refractivity contribution in [1.29, 1.82) is 0 Å². The zero-order valence-electron chi connectivity index (χ0n) is 12.4. The lowest BCUT2D eigenvalue weighted by Gasteiger charge is -2.28. The summed E-state index contributed by atoms with van der Waals surface area (Å²) in [5.41, 5.74) is 2.60. The highest BCUT2D eigenvalue weighted by Crippen LogP contribution is 2.27. The summed E-state index contributed by atoms with van der Waals surface area (Å²) >= 11 is 0. The van der Waals surface area contributed by atoms with E-state index >= 15 is 0 Å². The summed E-state index contributed by atoms with van der Waals surface area (Å²) in [5.74, 6) is 0. The topological polar surface area (TPSA) is 24.5 Å². The molecule has 106 valence electrons. The van der Waals surface area contributed by atoms with Gasteiger partial charge in [0.1, 0.15) is 0 Å². The second-order valence-corrected chi connectivity index (χ2v) is 4.54. The number of para-hydroxylation sites is 1. The molecule has 0 aliphatic heterocycles. The zero-order valence-corrected chi connectivity index (χ0v) is 12.4. The molecule has 0 saturated carbocycles. The van der Waals surface area contributed by atoms with Gasteiger partial charge in [-0.05, 0) is 25.1 Å². The van der Waals surface area contributed by atoms with Crippen LogP contribution in [0, 0.1) is 0 Å². The van der Waals surface area contributed by atoms with Gasteiger partial charge < -0.3 is 15.0 Å². The second kappa shape index (κ2) is 8.73. The van der Waals surface area contributed by atoms with Crippen LogP contribution in [0.15, 0.2) is 36.9 Å². The fourth-order valence-electron chi connectivity index (χ4n) is 2.32. The van der Waals surface area contributed by atoms with Gasteiger partial charge in [0.15, 0.2) is 0 Å². The van der Waals surface area contributed by atoms with Crippen molar-refractivity contribution in [3.63, 3.8) is 0 Å². The molecule has 1 aromatic carbocycles. The Labute approximate surface area is 117 Å². The van der Waals surface area contributed by atoms with Crippen LogP contribution in [0.3, 0.4) is 0 Å². The van der Waals surface area contributed by atoms with Crippen LogP contribution in [0.2, 0.25) is 0 Å². The molecule has 1 aromatic rings. The quantitative estimate of drug-likeness (QED) is 0.692. The fraction of sp³-hybridized carbons (Fsp3) is 0.500. The van der Waals surface area contributed by atoms with E-state index in [0.29, 0.717) is 6.04 Å². The van der Waals surface area contributed by atoms with Crippen LogP contribution in [0.25, 0.3) is 0 Å². The molecule has 1 rings (SSSR count). The average molecular weight is 262 g/mol. The van der Waals surface area contributed by atoms with Crippen LogP contribution in [0.4, 0.5) is 5.69 Å². The summed E-state index contributed by atoms with van der Waals surface area (Å²) in [6.45, 7) is 8.48. The maximum atomic E-state index is 5.20. The van der Waals surface area contributed by atoms with E-state index in [4.69, 9.17) is 4.74 Å². The number of methoxy groups -OCH3 is 1. The number of rotatable bonds is 9. The number of hydrogen-bond acceptors (Lipinski definition) is 3. The first-order chi connectivity index (χ1) is 9.28. The number of benzene rings is 1. The molecule has 1 atom stereocenters. The molecule has 0 heterocycles. The van der Waals surface area contributed by atoms with Gasteiger partial charge in [0, 0.05) is 31.9 Å². The fourth-order valence-corrected chi connectivity index (χ4v) is 2.32. The third-order valence-corrected chi connectivity index (χ3v) is 3.32. The number of nitrogens with zero attached hydrogens (tertiary/aromatic N) is 1. The van der Waals surface area contributed by atoms with Gasteiger partial charge in [-0.25, -0.2) is 0 Å². The van der Waals surface area contributed by atoms with Gasteiger partial charge in [0.25, 0.3) is 0 Å². The Morgan fingerprint density at radius 3 is 2.74 bits per heavy atom. The zero-order chi connectivity index (χ0) is 14.1. The van der Waals surface area contributed by atoms with E-state index < -0.39 is 0 Å². The maximum Gasteiger partial charge on any atom is 0.0637 e. The molecular formula is C16H26N2O. The highest BCUT2D eigenvalue weighted by atomic mass is 16.5. The molecule has 1 unspecified atom stereocenters. The summed E-state index contributed by atoms with van der Waals surface area (Å²) in [5, 5.41) is 3.38. The summed E-state index contributed by atoms with van der Waals surface area (Å²) in [6.07, 6.45) is 3.01. The Kier molecular flexibility index (Phi) is 7.23. The lowest BCUT2D eigenvalue weighted by molar-refractivity contribution is 0.205. The Balaban J connectivity index is 3.03. The molecule has 0 aliphatic rings. The van der Waals surface area contributed by atoms with Gasteiger partial charge in [-0.3, -0.25) is 0 Å².